The summed E-state index contributed by atoms with van der Waals surface area (Å²) < 4.78 is 25.0. The number of hydrogen-bond acceptors (Lipinski definition) is 3. The normalized spacial score (nSPS) is 11.9. The van der Waals surface area contributed by atoms with Crippen LogP contribution in [0.2, 0.25) is 0 Å². The van der Waals surface area contributed by atoms with Crippen molar-refractivity contribution in [1.82, 2.24) is 9.78 Å². The molecule has 0 fully saturated rings. The molecule has 4 nitrogen and oxygen atoms in total. The molecule has 0 atom stereocenters. The third kappa shape index (κ3) is 2.47. The first-order chi connectivity index (χ1) is 9.12. The highest BCUT2D eigenvalue weighted by molar-refractivity contribution is 8.13. The van der Waals surface area contributed by atoms with Crippen molar-refractivity contribution in [1.29, 1.82) is 0 Å². The Bertz CT molecular complexity index is 769. The molecule has 1 heterocycles. The van der Waals surface area contributed by atoms with Crippen LogP contribution >= 0.6 is 10.7 Å². The maximum absolute atomic E-state index is 11.7. The second kappa shape index (κ2) is 4.90. The molecule has 1 aromatic heterocycles. The molecule has 2 aromatic rings. The van der Waals surface area contributed by atoms with Crippen molar-refractivity contribution in [2.45, 2.75) is 39.5 Å². The number of halogens is 1. The number of aryl methyl sites for hydroxylation is 4. The zero-order valence-electron chi connectivity index (χ0n) is 12.2. The van der Waals surface area contributed by atoms with E-state index in [1.807, 2.05) is 32.9 Å². The van der Waals surface area contributed by atoms with Gasteiger partial charge in [-0.15, -0.1) is 0 Å². The molecular formula is C14H17ClN2O2S. The van der Waals surface area contributed by atoms with Gasteiger partial charge in [0.05, 0.1) is 17.1 Å². The van der Waals surface area contributed by atoms with Crippen LogP contribution in [0.3, 0.4) is 0 Å². The summed E-state index contributed by atoms with van der Waals surface area (Å²) in [5, 5.41) is 4.35. The molecule has 1 aromatic carbocycles. The number of aromatic nitrogens is 2. The summed E-state index contributed by atoms with van der Waals surface area (Å²) in [6, 6.07) is 4.10. The lowest BCUT2D eigenvalue weighted by Gasteiger charge is -2.13. The van der Waals surface area contributed by atoms with E-state index < -0.39 is 9.05 Å². The smallest absolute Gasteiger partial charge is 0.236 e. The van der Waals surface area contributed by atoms with Gasteiger partial charge in [0.25, 0.3) is 9.05 Å². The second-order valence-corrected chi connectivity index (χ2v) is 7.60. The summed E-state index contributed by atoms with van der Waals surface area (Å²) in [4.78, 5) is 0.0959. The molecule has 0 aliphatic carbocycles. The fourth-order valence-corrected chi connectivity index (χ4v) is 4.21. The van der Waals surface area contributed by atoms with Crippen LogP contribution in [0, 0.1) is 34.6 Å². The van der Waals surface area contributed by atoms with Crippen LogP contribution in [0.15, 0.2) is 17.0 Å². The van der Waals surface area contributed by atoms with Gasteiger partial charge in [0.2, 0.25) is 0 Å². The van der Waals surface area contributed by atoms with Gasteiger partial charge in [-0.05, 0) is 45.7 Å². The van der Waals surface area contributed by atoms with Crippen molar-refractivity contribution in [2.24, 2.45) is 0 Å². The van der Waals surface area contributed by atoms with Crippen molar-refractivity contribution in [3.63, 3.8) is 0 Å². The van der Waals surface area contributed by atoms with Crippen LogP contribution in [-0.2, 0) is 9.05 Å². The Morgan fingerprint density at radius 2 is 1.55 bits per heavy atom. The van der Waals surface area contributed by atoms with Crippen LogP contribution in [0.1, 0.15) is 28.1 Å². The maximum atomic E-state index is 11.7. The van der Waals surface area contributed by atoms with Crippen molar-refractivity contribution < 1.29 is 8.42 Å². The minimum Gasteiger partial charge on any atom is -0.236 e. The monoisotopic (exact) mass is 312 g/mol. The number of rotatable bonds is 2. The third-order valence-electron chi connectivity index (χ3n) is 3.32. The quantitative estimate of drug-likeness (QED) is 0.799. The fraction of sp³-hybridized carbons (Fsp3) is 0.357. The van der Waals surface area contributed by atoms with E-state index in [0.717, 1.165) is 22.4 Å². The summed E-state index contributed by atoms with van der Waals surface area (Å²) in [6.45, 7) is 9.37. The highest BCUT2D eigenvalue weighted by atomic mass is 35.7. The number of hydrogen-bond donors (Lipinski definition) is 0. The van der Waals surface area contributed by atoms with Gasteiger partial charge >= 0.3 is 0 Å². The van der Waals surface area contributed by atoms with Gasteiger partial charge in [-0.3, -0.25) is 0 Å². The third-order valence-corrected chi connectivity index (χ3v) is 4.86. The predicted octanol–water partition coefficient (Wildman–Crippen LogP) is 3.34. The Morgan fingerprint density at radius 3 is 1.95 bits per heavy atom. The van der Waals surface area contributed by atoms with Crippen LogP contribution in [-0.4, -0.2) is 18.2 Å². The van der Waals surface area contributed by atoms with Gasteiger partial charge in [0.1, 0.15) is 4.90 Å². The summed E-state index contributed by atoms with van der Waals surface area (Å²) in [6.07, 6.45) is 0. The molecule has 0 aliphatic rings. The van der Waals surface area contributed by atoms with E-state index in [4.69, 9.17) is 10.7 Å². The largest absolute Gasteiger partial charge is 0.264 e. The molecule has 0 saturated heterocycles. The van der Waals surface area contributed by atoms with Crippen molar-refractivity contribution in [3.05, 3.63) is 40.2 Å². The molecule has 0 radical (unpaired) electrons. The van der Waals surface area contributed by atoms with Crippen LogP contribution in [0.5, 0.6) is 0 Å². The topological polar surface area (TPSA) is 52.0 Å². The maximum Gasteiger partial charge on any atom is 0.264 e. The average Bonchev–Trinajstić information content (AvgIpc) is 2.51. The first-order valence-corrected chi connectivity index (χ1v) is 8.53. The second-order valence-electron chi connectivity index (χ2n) is 5.10. The molecule has 0 N–H and O–H groups in total. The van der Waals surface area contributed by atoms with E-state index in [2.05, 4.69) is 5.10 Å². The van der Waals surface area contributed by atoms with E-state index in [-0.39, 0.29) is 4.90 Å². The lowest BCUT2D eigenvalue weighted by Crippen LogP contribution is -2.05. The van der Waals surface area contributed by atoms with Crippen molar-refractivity contribution >= 4 is 19.7 Å². The van der Waals surface area contributed by atoms with Gasteiger partial charge in [-0.25, -0.2) is 13.1 Å². The Morgan fingerprint density at radius 1 is 1.05 bits per heavy atom. The molecular weight excluding hydrogens is 296 g/mol. The molecule has 0 spiro atoms. The van der Waals surface area contributed by atoms with E-state index in [1.165, 1.54) is 0 Å². The van der Waals surface area contributed by atoms with E-state index in [1.54, 1.807) is 18.5 Å². The fourth-order valence-electron chi connectivity index (χ4n) is 2.71. The molecule has 0 aliphatic heterocycles. The Kier molecular flexibility index (Phi) is 3.69. The zero-order chi connectivity index (χ0) is 15.2. The lowest BCUT2D eigenvalue weighted by molar-refractivity contribution is 0.608. The predicted molar refractivity (Wildman–Crippen MR) is 80.3 cm³/mol. The van der Waals surface area contributed by atoms with Crippen LogP contribution < -0.4 is 0 Å². The van der Waals surface area contributed by atoms with E-state index >= 15 is 0 Å². The molecule has 108 valence electrons. The molecule has 0 unspecified atom stereocenters. The summed E-state index contributed by atoms with van der Waals surface area (Å²) in [5.41, 5.74) is 5.11. The minimum atomic E-state index is -3.80. The van der Waals surface area contributed by atoms with Gasteiger partial charge in [0.15, 0.2) is 0 Å². The zero-order valence-corrected chi connectivity index (χ0v) is 13.7. The number of benzene rings is 1. The van der Waals surface area contributed by atoms with Crippen LogP contribution in [0.25, 0.3) is 5.69 Å². The summed E-state index contributed by atoms with van der Waals surface area (Å²) >= 11 is 0. The lowest BCUT2D eigenvalue weighted by atomic mass is 10.1. The van der Waals surface area contributed by atoms with E-state index in [9.17, 15) is 8.42 Å². The van der Waals surface area contributed by atoms with Crippen LogP contribution in [0.4, 0.5) is 0 Å². The highest BCUT2D eigenvalue weighted by Crippen LogP contribution is 2.28. The van der Waals surface area contributed by atoms with Gasteiger partial charge < -0.3 is 0 Å². The van der Waals surface area contributed by atoms with E-state index in [0.29, 0.717) is 11.4 Å². The summed E-state index contributed by atoms with van der Waals surface area (Å²) in [5.74, 6) is 0. The highest BCUT2D eigenvalue weighted by Gasteiger charge is 2.24. The summed E-state index contributed by atoms with van der Waals surface area (Å²) in [7, 11) is 1.70. The van der Waals surface area contributed by atoms with Gasteiger partial charge in [-0.1, -0.05) is 17.7 Å². The van der Waals surface area contributed by atoms with Gasteiger partial charge in [0, 0.05) is 10.7 Å². The minimum absolute atomic E-state index is 0.0959. The number of nitrogens with zero attached hydrogens (tertiary/aromatic N) is 2. The molecule has 20 heavy (non-hydrogen) atoms. The SMILES string of the molecule is Cc1cc(C)c(-n2nc(C)c(S(=O)(=O)Cl)c2C)c(C)c1. The Labute approximate surface area is 123 Å². The molecule has 2 rings (SSSR count). The molecule has 0 bridgehead atoms. The molecule has 0 amide bonds. The average molecular weight is 313 g/mol. The van der Waals surface area contributed by atoms with Crippen molar-refractivity contribution in [2.75, 3.05) is 0 Å². The first kappa shape index (κ1) is 15.1. The van der Waals surface area contributed by atoms with Crippen molar-refractivity contribution in [3.8, 4) is 5.69 Å². The first-order valence-electron chi connectivity index (χ1n) is 6.22. The van der Waals surface area contributed by atoms with Gasteiger partial charge in [-0.2, -0.15) is 5.10 Å². The Balaban J connectivity index is 2.80. The molecule has 6 heteroatoms. The standard InChI is InChI=1S/C14H17ClN2O2S/c1-8-6-9(2)13(10(3)7-8)17-12(5)14(11(4)16-17)20(15,18)19/h6-7H,1-5H3. The molecule has 0 saturated carbocycles. The Hall–Kier alpha value is -1.33.